The summed E-state index contributed by atoms with van der Waals surface area (Å²) >= 11 is 0. The summed E-state index contributed by atoms with van der Waals surface area (Å²) in [4.78, 5) is 0. The van der Waals surface area contributed by atoms with Crippen LogP contribution in [-0.2, 0) is 6.54 Å². The Morgan fingerprint density at radius 3 is 2.33 bits per heavy atom. The van der Waals surface area contributed by atoms with Crippen LogP contribution in [0.25, 0.3) is 11.3 Å². The van der Waals surface area contributed by atoms with E-state index in [1.54, 1.807) is 0 Å². The monoisotopic (exact) mass is 202 g/mol. The summed E-state index contributed by atoms with van der Waals surface area (Å²) in [6.45, 7) is 4.53. The molecule has 0 atom stereocenters. The highest BCUT2D eigenvalue weighted by atomic mass is 16.5. The lowest BCUT2D eigenvalue weighted by Gasteiger charge is -2.00. The molecule has 3 heteroatoms. The first-order chi connectivity index (χ1) is 7.19. The van der Waals surface area contributed by atoms with Crippen LogP contribution in [0.15, 0.2) is 28.8 Å². The molecule has 0 unspecified atom stereocenters. The van der Waals surface area contributed by atoms with E-state index < -0.39 is 0 Å². The van der Waals surface area contributed by atoms with Crippen molar-refractivity contribution >= 4 is 0 Å². The van der Waals surface area contributed by atoms with E-state index >= 15 is 0 Å². The van der Waals surface area contributed by atoms with Crippen molar-refractivity contribution in [3.05, 3.63) is 41.2 Å². The third-order valence-corrected chi connectivity index (χ3v) is 2.28. The Morgan fingerprint density at radius 2 is 1.80 bits per heavy atom. The van der Waals surface area contributed by atoms with Gasteiger partial charge in [0, 0.05) is 11.6 Å². The van der Waals surface area contributed by atoms with E-state index in [1.165, 1.54) is 11.1 Å². The summed E-state index contributed by atoms with van der Waals surface area (Å²) in [7, 11) is 0. The maximum absolute atomic E-state index is 5.47. The van der Waals surface area contributed by atoms with Gasteiger partial charge in [-0.1, -0.05) is 22.3 Å². The standard InChI is InChI=1S/C12H14N2O/c1-8-3-9(2)5-10(4-8)12-6-11(7-13)15-14-12/h3-6H,7,13H2,1-2H3. The van der Waals surface area contributed by atoms with Crippen molar-refractivity contribution in [1.82, 2.24) is 5.16 Å². The van der Waals surface area contributed by atoms with E-state index in [4.69, 9.17) is 10.3 Å². The van der Waals surface area contributed by atoms with Crippen LogP contribution in [0.5, 0.6) is 0 Å². The highest BCUT2D eigenvalue weighted by molar-refractivity contribution is 5.61. The number of rotatable bonds is 2. The van der Waals surface area contributed by atoms with Gasteiger partial charge in [0.2, 0.25) is 0 Å². The van der Waals surface area contributed by atoms with Crippen LogP contribution in [-0.4, -0.2) is 5.16 Å². The van der Waals surface area contributed by atoms with E-state index in [1.807, 2.05) is 6.07 Å². The number of hydrogen-bond acceptors (Lipinski definition) is 3. The Kier molecular flexibility index (Phi) is 2.56. The summed E-state index contributed by atoms with van der Waals surface area (Å²) in [5, 5.41) is 3.98. The maximum Gasteiger partial charge on any atom is 0.150 e. The summed E-state index contributed by atoms with van der Waals surface area (Å²) < 4.78 is 5.07. The van der Waals surface area contributed by atoms with E-state index in [9.17, 15) is 0 Å². The van der Waals surface area contributed by atoms with Crippen LogP contribution >= 0.6 is 0 Å². The average molecular weight is 202 g/mol. The van der Waals surface area contributed by atoms with Crippen molar-refractivity contribution in [1.29, 1.82) is 0 Å². The minimum absolute atomic E-state index is 0.387. The van der Waals surface area contributed by atoms with E-state index in [0.29, 0.717) is 12.3 Å². The van der Waals surface area contributed by atoms with Gasteiger partial charge >= 0.3 is 0 Å². The van der Waals surface area contributed by atoms with Crippen LogP contribution in [0.2, 0.25) is 0 Å². The van der Waals surface area contributed by atoms with Gasteiger partial charge in [0.15, 0.2) is 5.76 Å². The van der Waals surface area contributed by atoms with Gasteiger partial charge in [-0.15, -0.1) is 0 Å². The summed E-state index contributed by atoms with van der Waals surface area (Å²) in [6.07, 6.45) is 0. The van der Waals surface area contributed by atoms with E-state index in [-0.39, 0.29) is 0 Å². The summed E-state index contributed by atoms with van der Waals surface area (Å²) in [5.74, 6) is 0.712. The van der Waals surface area contributed by atoms with Crippen molar-refractivity contribution in [3.63, 3.8) is 0 Å². The Balaban J connectivity index is 2.44. The quantitative estimate of drug-likeness (QED) is 0.813. The van der Waals surface area contributed by atoms with Crippen molar-refractivity contribution in [2.24, 2.45) is 5.73 Å². The summed E-state index contributed by atoms with van der Waals surface area (Å²) in [5.41, 5.74) is 9.84. The molecule has 0 spiro atoms. The van der Waals surface area contributed by atoms with Crippen LogP contribution < -0.4 is 5.73 Å². The molecular weight excluding hydrogens is 188 g/mol. The van der Waals surface area contributed by atoms with Crippen LogP contribution in [0.1, 0.15) is 16.9 Å². The molecule has 0 aliphatic carbocycles. The minimum atomic E-state index is 0.387. The molecule has 2 rings (SSSR count). The number of benzene rings is 1. The molecule has 78 valence electrons. The van der Waals surface area contributed by atoms with Crippen LogP contribution in [0.4, 0.5) is 0 Å². The fourth-order valence-corrected chi connectivity index (χ4v) is 1.67. The number of nitrogens with zero attached hydrogens (tertiary/aromatic N) is 1. The second-order valence-corrected chi connectivity index (χ2v) is 3.76. The number of aromatic nitrogens is 1. The zero-order chi connectivity index (χ0) is 10.8. The molecule has 0 saturated carbocycles. The second kappa shape index (κ2) is 3.87. The Morgan fingerprint density at radius 1 is 1.13 bits per heavy atom. The van der Waals surface area contributed by atoms with Gasteiger partial charge in [-0.25, -0.2) is 0 Å². The number of nitrogens with two attached hydrogens (primary N) is 1. The fourth-order valence-electron chi connectivity index (χ4n) is 1.67. The average Bonchev–Trinajstić information content (AvgIpc) is 2.64. The van der Waals surface area contributed by atoms with E-state index in [2.05, 4.69) is 37.2 Å². The molecule has 0 saturated heterocycles. The lowest BCUT2D eigenvalue weighted by molar-refractivity contribution is 0.387. The Bertz CT molecular complexity index is 454. The van der Waals surface area contributed by atoms with E-state index in [0.717, 1.165) is 11.3 Å². The lowest BCUT2D eigenvalue weighted by atomic mass is 10.1. The van der Waals surface area contributed by atoms with Crippen molar-refractivity contribution in [3.8, 4) is 11.3 Å². The van der Waals surface area contributed by atoms with Gasteiger partial charge in [0.25, 0.3) is 0 Å². The largest absolute Gasteiger partial charge is 0.359 e. The molecule has 0 aliphatic rings. The molecular formula is C12H14N2O. The first kappa shape index (κ1) is 9.93. The molecule has 1 aromatic carbocycles. The zero-order valence-electron chi connectivity index (χ0n) is 8.95. The molecule has 2 N–H and O–H groups in total. The molecule has 0 fully saturated rings. The Hall–Kier alpha value is -1.61. The molecule has 1 aromatic heterocycles. The predicted molar refractivity (Wildman–Crippen MR) is 59.3 cm³/mol. The highest BCUT2D eigenvalue weighted by Crippen LogP contribution is 2.21. The fraction of sp³-hybridized carbons (Fsp3) is 0.250. The van der Waals surface area contributed by atoms with Gasteiger partial charge < -0.3 is 10.3 Å². The smallest absolute Gasteiger partial charge is 0.150 e. The molecule has 0 aliphatic heterocycles. The third kappa shape index (κ3) is 2.07. The maximum atomic E-state index is 5.47. The topological polar surface area (TPSA) is 52.0 Å². The molecule has 0 bridgehead atoms. The lowest BCUT2D eigenvalue weighted by Crippen LogP contribution is -1.92. The number of hydrogen-bond donors (Lipinski definition) is 1. The van der Waals surface area contributed by atoms with Crippen LogP contribution in [0.3, 0.4) is 0 Å². The molecule has 2 aromatic rings. The first-order valence-corrected chi connectivity index (χ1v) is 4.93. The zero-order valence-corrected chi connectivity index (χ0v) is 8.95. The number of aryl methyl sites for hydroxylation is 2. The molecule has 1 heterocycles. The van der Waals surface area contributed by atoms with Gasteiger partial charge in [0.1, 0.15) is 5.69 Å². The van der Waals surface area contributed by atoms with Crippen molar-refractivity contribution < 1.29 is 4.52 Å². The van der Waals surface area contributed by atoms with Gasteiger partial charge in [0.05, 0.1) is 6.54 Å². The second-order valence-electron chi connectivity index (χ2n) is 3.76. The highest BCUT2D eigenvalue weighted by Gasteiger charge is 2.05. The SMILES string of the molecule is Cc1cc(C)cc(-c2cc(CN)on2)c1. The first-order valence-electron chi connectivity index (χ1n) is 4.93. The predicted octanol–water partition coefficient (Wildman–Crippen LogP) is 2.42. The molecule has 3 nitrogen and oxygen atoms in total. The summed E-state index contributed by atoms with van der Waals surface area (Å²) in [6, 6.07) is 8.19. The molecule has 0 radical (unpaired) electrons. The molecule has 0 amide bonds. The van der Waals surface area contributed by atoms with Gasteiger partial charge in [-0.3, -0.25) is 0 Å². The third-order valence-electron chi connectivity index (χ3n) is 2.28. The van der Waals surface area contributed by atoms with Crippen molar-refractivity contribution in [2.45, 2.75) is 20.4 Å². The van der Waals surface area contributed by atoms with Crippen LogP contribution in [0, 0.1) is 13.8 Å². The molecule has 15 heavy (non-hydrogen) atoms. The van der Waals surface area contributed by atoms with Gasteiger partial charge in [-0.05, 0) is 26.0 Å². The van der Waals surface area contributed by atoms with Gasteiger partial charge in [-0.2, -0.15) is 0 Å². The normalized spacial score (nSPS) is 10.6. The van der Waals surface area contributed by atoms with Crippen molar-refractivity contribution in [2.75, 3.05) is 0 Å². The Labute approximate surface area is 88.9 Å². The minimum Gasteiger partial charge on any atom is -0.359 e.